The molecule has 1 N–H and O–H groups in total. The van der Waals surface area contributed by atoms with Crippen molar-refractivity contribution in [3.8, 4) is 0 Å². The van der Waals surface area contributed by atoms with E-state index in [2.05, 4.69) is 4.74 Å². The molecule has 2 atom stereocenters. The normalized spacial score (nSPS) is 23.6. The van der Waals surface area contributed by atoms with E-state index in [4.69, 9.17) is 4.74 Å². The fraction of sp³-hybridized carbons (Fsp3) is 0.625. The Hall–Kier alpha value is -1.62. The molecule has 0 radical (unpaired) electrons. The smallest absolute Gasteiger partial charge is 0.345 e. The molecule has 0 saturated carbocycles. The summed E-state index contributed by atoms with van der Waals surface area (Å²) >= 11 is 0. The first-order chi connectivity index (χ1) is 9.85. The average molecular weight is 296 g/mol. The van der Waals surface area contributed by atoms with E-state index >= 15 is 0 Å². The molecule has 5 heteroatoms. The first-order valence-corrected chi connectivity index (χ1v) is 7.26. The van der Waals surface area contributed by atoms with E-state index < -0.39 is 11.6 Å². The van der Waals surface area contributed by atoms with Crippen molar-refractivity contribution in [1.29, 1.82) is 0 Å². The fourth-order valence-electron chi connectivity index (χ4n) is 2.20. The zero-order chi connectivity index (χ0) is 16.0. The van der Waals surface area contributed by atoms with E-state index in [-0.39, 0.29) is 17.5 Å². The molecule has 1 aliphatic heterocycles. The van der Waals surface area contributed by atoms with Crippen LogP contribution in [0.15, 0.2) is 23.5 Å². The third kappa shape index (κ3) is 4.17. The predicted molar refractivity (Wildman–Crippen MR) is 78.5 cm³/mol. The van der Waals surface area contributed by atoms with Gasteiger partial charge in [0.05, 0.1) is 13.2 Å². The summed E-state index contributed by atoms with van der Waals surface area (Å²) in [7, 11) is 1.25. The molecular formula is C16H24O5. The van der Waals surface area contributed by atoms with Gasteiger partial charge in [-0.05, 0) is 39.2 Å². The van der Waals surface area contributed by atoms with E-state index in [1.54, 1.807) is 26.0 Å². The Morgan fingerprint density at radius 3 is 2.71 bits per heavy atom. The van der Waals surface area contributed by atoms with Gasteiger partial charge in [-0.15, -0.1) is 0 Å². The Balaban J connectivity index is 2.89. The zero-order valence-corrected chi connectivity index (χ0v) is 13.1. The van der Waals surface area contributed by atoms with Gasteiger partial charge in [-0.25, -0.2) is 4.79 Å². The van der Waals surface area contributed by atoms with Crippen molar-refractivity contribution in [3.63, 3.8) is 0 Å². The minimum absolute atomic E-state index is 0.0158. The average Bonchev–Trinajstić information content (AvgIpc) is 2.67. The Morgan fingerprint density at radius 1 is 1.52 bits per heavy atom. The SMILES string of the molecule is CCCC1=C(C(=O)OC)C(=O)[C@@](C)(/C=C/CC[C@@H](C)O)O1. The summed E-state index contributed by atoms with van der Waals surface area (Å²) in [6.45, 7) is 5.30. The number of hydrogen-bond acceptors (Lipinski definition) is 5. The minimum Gasteiger partial charge on any atom is -0.479 e. The van der Waals surface area contributed by atoms with Crippen LogP contribution >= 0.6 is 0 Å². The lowest BCUT2D eigenvalue weighted by molar-refractivity contribution is -0.138. The second-order valence-corrected chi connectivity index (χ2v) is 5.41. The number of allylic oxidation sites excluding steroid dienone is 2. The Bertz CT molecular complexity index is 461. The van der Waals surface area contributed by atoms with Crippen LogP contribution in [0.3, 0.4) is 0 Å². The molecule has 0 spiro atoms. The summed E-state index contributed by atoms with van der Waals surface area (Å²) < 4.78 is 10.4. The van der Waals surface area contributed by atoms with Crippen LogP contribution in [0.4, 0.5) is 0 Å². The maximum absolute atomic E-state index is 12.5. The van der Waals surface area contributed by atoms with Crippen molar-refractivity contribution >= 4 is 11.8 Å². The molecule has 0 amide bonds. The van der Waals surface area contributed by atoms with E-state index in [9.17, 15) is 14.7 Å². The summed E-state index contributed by atoms with van der Waals surface area (Å²) in [6.07, 6.45) is 5.61. The van der Waals surface area contributed by atoms with Gasteiger partial charge in [-0.2, -0.15) is 0 Å². The van der Waals surface area contributed by atoms with Gasteiger partial charge in [0.2, 0.25) is 5.78 Å². The third-order valence-corrected chi connectivity index (χ3v) is 3.35. The highest BCUT2D eigenvalue weighted by atomic mass is 16.5. The number of esters is 1. The van der Waals surface area contributed by atoms with Crippen LogP contribution in [-0.4, -0.2) is 35.7 Å². The quantitative estimate of drug-likeness (QED) is 0.443. The van der Waals surface area contributed by atoms with Crippen molar-refractivity contribution in [1.82, 2.24) is 0 Å². The van der Waals surface area contributed by atoms with Crippen LogP contribution in [0.2, 0.25) is 0 Å². The molecule has 118 valence electrons. The summed E-state index contributed by atoms with van der Waals surface area (Å²) in [5, 5.41) is 9.22. The molecule has 0 aromatic rings. The van der Waals surface area contributed by atoms with Gasteiger partial charge in [0.1, 0.15) is 11.3 Å². The number of ether oxygens (including phenoxy) is 2. The van der Waals surface area contributed by atoms with Crippen molar-refractivity contribution in [2.24, 2.45) is 0 Å². The molecule has 5 nitrogen and oxygen atoms in total. The molecular weight excluding hydrogens is 272 g/mol. The second kappa shape index (κ2) is 7.41. The van der Waals surface area contributed by atoms with Crippen LogP contribution in [0.5, 0.6) is 0 Å². The number of ketones is 1. The number of carbonyl (C=O) groups excluding carboxylic acids is 2. The first-order valence-electron chi connectivity index (χ1n) is 7.26. The van der Waals surface area contributed by atoms with E-state index in [0.717, 1.165) is 6.42 Å². The largest absolute Gasteiger partial charge is 0.479 e. The molecule has 1 aliphatic rings. The van der Waals surface area contributed by atoms with Crippen molar-refractivity contribution in [2.45, 2.75) is 58.2 Å². The van der Waals surface area contributed by atoms with Gasteiger partial charge >= 0.3 is 5.97 Å². The summed E-state index contributed by atoms with van der Waals surface area (Å²) in [5.41, 5.74) is -1.14. The Labute approximate surface area is 125 Å². The highest BCUT2D eigenvalue weighted by Gasteiger charge is 2.46. The third-order valence-electron chi connectivity index (χ3n) is 3.35. The van der Waals surface area contributed by atoms with E-state index in [1.807, 2.05) is 6.92 Å². The van der Waals surface area contributed by atoms with Gasteiger partial charge in [0.25, 0.3) is 0 Å². The zero-order valence-electron chi connectivity index (χ0n) is 13.1. The number of rotatable bonds is 7. The molecule has 0 saturated heterocycles. The highest BCUT2D eigenvalue weighted by Crippen LogP contribution is 2.34. The van der Waals surface area contributed by atoms with Gasteiger partial charge in [-0.1, -0.05) is 13.0 Å². The molecule has 0 aromatic heterocycles. The molecule has 0 fully saturated rings. The predicted octanol–water partition coefficient (Wildman–Crippen LogP) is 2.29. The van der Waals surface area contributed by atoms with Crippen molar-refractivity contribution in [2.75, 3.05) is 7.11 Å². The molecule has 0 bridgehead atoms. The maximum atomic E-state index is 12.5. The van der Waals surface area contributed by atoms with E-state index in [0.29, 0.717) is 25.0 Å². The first kappa shape index (κ1) is 17.4. The Kier molecular flexibility index (Phi) is 6.15. The van der Waals surface area contributed by atoms with Gasteiger partial charge in [0.15, 0.2) is 5.60 Å². The van der Waals surface area contributed by atoms with Gasteiger partial charge in [-0.3, -0.25) is 4.79 Å². The van der Waals surface area contributed by atoms with Gasteiger partial charge < -0.3 is 14.6 Å². The molecule has 1 heterocycles. The molecule has 0 unspecified atom stereocenters. The standard InChI is InChI=1S/C16H24O5/c1-5-8-12-13(15(19)20-4)14(18)16(3,21-12)10-7-6-9-11(2)17/h7,10-11,17H,5-6,8-9H2,1-4H3/b10-7+/t11-,16-/m1/s1. The summed E-state index contributed by atoms with van der Waals surface area (Å²) in [5.74, 6) is -0.618. The van der Waals surface area contributed by atoms with Crippen LogP contribution in [-0.2, 0) is 19.1 Å². The number of carbonyl (C=O) groups is 2. The lowest BCUT2D eigenvalue weighted by Gasteiger charge is -2.19. The number of methoxy groups -OCH3 is 1. The molecule has 0 aliphatic carbocycles. The molecule has 1 rings (SSSR count). The summed E-state index contributed by atoms with van der Waals surface area (Å²) in [4.78, 5) is 24.2. The molecule has 21 heavy (non-hydrogen) atoms. The van der Waals surface area contributed by atoms with Crippen LogP contribution in [0, 0.1) is 0 Å². The lowest BCUT2D eigenvalue weighted by atomic mass is 9.95. The number of aliphatic hydroxyl groups excluding tert-OH is 1. The molecule has 0 aromatic carbocycles. The number of Topliss-reactive ketones (excluding diaryl/α,β-unsaturated/α-hetero) is 1. The minimum atomic E-state index is -1.16. The van der Waals surface area contributed by atoms with Crippen LogP contribution < -0.4 is 0 Å². The summed E-state index contributed by atoms with van der Waals surface area (Å²) in [6, 6.07) is 0. The van der Waals surface area contributed by atoms with E-state index in [1.165, 1.54) is 7.11 Å². The van der Waals surface area contributed by atoms with Crippen molar-refractivity contribution in [3.05, 3.63) is 23.5 Å². The highest BCUT2D eigenvalue weighted by molar-refractivity contribution is 6.22. The number of hydrogen-bond donors (Lipinski definition) is 1. The fourth-order valence-corrected chi connectivity index (χ4v) is 2.20. The lowest BCUT2D eigenvalue weighted by Crippen LogP contribution is -2.33. The van der Waals surface area contributed by atoms with Crippen LogP contribution in [0.25, 0.3) is 0 Å². The monoisotopic (exact) mass is 296 g/mol. The Morgan fingerprint density at radius 2 is 2.19 bits per heavy atom. The van der Waals surface area contributed by atoms with Gasteiger partial charge in [0, 0.05) is 6.42 Å². The van der Waals surface area contributed by atoms with Crippen molar-refractivity contribution < 1.29 is 24.2 Å². The second-order valence-electron chi connectivity index (χ2n) is 5.41. The maximum Gasteiger partial charge on any atom is 0.345 e. The number of aliphatic hydroxyl groups is 1. The topological polar surface area (TPSA) is 72.8 Å². The van der Waals surface area contributed by atoms with Crippen LogP contribution in [0.1, 0.15) is 46.5 Å².